The fourth-order valence-corrected chi connectivity index (χ4v) is 1.65. The second-order valence-corrected chi connectivity index (χ2v) is 4.46. The first-order valence-corrected chi connectivity index (χ1v) is 5.88. The van der Waals surface area contributed by atoms with Crippen molar-refractivity contribution in [2.24, 2.45) is 0 Å². The van der Waals surface area contributed by atoms with Gasteiger partial charge in [-0.25, -0.2) is 9.18 Å². The Balaban J connectivity index is 2.64. The van der Waals surface area contributed by atoms with Crippen LogP contribution in [0.2, 0.25) is 0 Å². The molecule has 7 heteroatoms. The molecule has 0 aliphatic heterocycles. The van der Waals surface area contributed by atoms with Gasteiger partial charge < -0.3 is 15.7 Å². The summed E-state index contributed by atoms with van der Waals surface area (Å²) < 4.78 is 13.2. The molecular formula is C11H12BrFN2O3. The van der Waals surface area contributed by atoms with E-state index in [1.54, 1.807) is 0 Å². The lowest BCUT2D eigenvalue weighted by Gasteiger charge is -2.15. The number of carbonyl (C=O) groups excluding carboxylic acids is 1. The molecule has 0 bridgehead atoms. The summed E-state index contributed by atoms with van der Waals surface area (Å²) in [5.74, 6) is -1.97. The SMILES string of the molecule is CC(=O)NC(CNc1ccc(F)c(Br)c1)C(=O)O. The molecular weight excluding hydrogens is 307 g/mol. The molecule has 0 fully saturated rings. The summed E-state index contributed by atoms with van der Waals surface area (Å²) in [5, 5.41) is 14.0. The van der Waals surface area contributed by atoms with Gasteiger partial charge >= 0.3 is 5.97 Å². The van der Waals surface area contributed by atoms with Gasteiger partial charge in [0.15, 0.2) is 0 Å². The minimum absolute atomic E-state index is 0.00693. The number of aliphatic carboxylic acids is 1. The van der Waals surface area contributed by atoms with E-state index in [4.69, 9.17) is 5.11 Å². The van der Waals surface area contributed by atoms with Crippen LogP contribution < -0.4 is 10.6 Å². The van der Waals surface area contributed by atoms with Crippen molar-refractivity contribution in [3.8, 4) is 0 Å². The number of amides is 1. The molecule has 1 unspecified atom stereocenters. The van der Waals surface area contributed by atoms with Gasteiger partial charge in [0.25, 0.3) is 0 Å². The minimum Gasteiger partial charge on any atom is -0.480 e. The molecule has 0 aliphatic carbocycles. The van der Waals surface area contributed by atoms with Gasteiger partial charge in [-0.05, 0) is 34.1 Å². The first kappa shape index (κ1) is 14.4. The van der Waals surface area contributed by atoms with Gasteiger partial charge in [0.2, 0.25) is 5.91 Å². The molecule has 0 aliphatic rings. The highest BCUT2D eigenvalue weighted by Gasteiger charge is 2.17. The van der Waals surface area contributed by atoms with Crippen LogP contribution in [-0.4, -0.2) is 29.6 Å². The molecule has 1 atom stereocenters. The van der Waals surface area contributed by atoms with E-state index in [2.05, 4.69) is 26.6 Å². The quantitative estimate of drug-likeness (QED) is 0.770. The van der Waals surface area contributed by atoms with Crippen molar-refractivity contribution in [1.82, 2.24) is 5.32 Å². The summed E-state index contributed by atoms with van der Waals surface area (Å²) in [6.07, 6.45) is 0. The van der Waals surface area contributed by atoms with Crippen LogP contribution in [0.1, 0.15) is 6.92 Å². The van der Waals surface area contributed by atoms with Gasteiger partial charge in [0.1, 0.15) is 11.9 Å². The highest BCUT2D eigenvalue weighted by atomic mass is 79.9. The van der Waals surface area contributed by atoms with Gasteiger partial charge in [0.05, 0.1) is 4.47 Å². The average molecular weight is 319 g/mol. The summed E-state index contributed by atoms with van der Waals surface area (Å²) >= 11 is 3.02. The second kappa shape index (κ2) is 6.34. The van der Waals surface area contributed by atoms with Crippen molar-refractivity contribution < 1.29 is 19.1 Å². The standard InChI is InChI=1S/C11H12BrFN2O3/c1-6(16)15-10(11(17)18)5-14-7-2-3-9(13)8(12)4-7/h2-4,10,14H,5H2,1H3,(H,15,16)(H,17,18). The van der Waals surface area contributed by atoms with Crippen LogP contribution >= 0.6 is 15.9 Å². The molecule has 5 nitrogen and oxygen atoms in total. The number of hydrogen-bond acceptors (Lipinski definition) is 3. The Morgan fingerprint density at radius 3 is 2.67 bits per heavy atom. The zero-order valence-corrected chi connectivity index (χ0v) is 11.1. The van der Waals surface area contributed by atoms with Crippen LogP contribution in [0.5, 0.6) is 0 Å². The van der Waals surface area contributed by atoms with Crippen molar-refractivity contribution in [2.75, 3.05) is 11.9 Å². The Kier molecular flexibility index (Phi) is 5.08. The lowest BCUT2D eigenvalue weighted by molar-refractivity contribution is -0.141. The van der Waals surface area contributed by atoms with E-state index in [9.17, 15) is 14.0 Å². The van der Waals surface area contributed by atoms with E-state index < -0.39 is 23.7 Å². The fourth-order valence-electron chi connectivity index (χ4n) is 1.27. The van der Waals surface area contributed by atoms with Crippen molar-refractivity contribution >= 4 is 33.5 Å². The van der Waals surface area contributed by atoms with Crippen molar-refractivity contribution in [2.45, 2.75) is 13.0 Å². The molecule has 0 saturated heterocycles. The number of rotatable bonds is 5. The summed E-state index contributed by atoms with van der Waals surface area (Å²) in [6.45, 7) is 1.25. The number of halogens is 2. The predicted octanol–water partition coefficient (Wildman–Crippen LogP) is 1.59. The maximum Gasteiger partial charge on any atom is 0.328 e. The van der Waals surface area contributed by atoms with Crippen molar-refractivity contribution in [1.29, 1.82) is 0 Å². The molecule has 98 valence electrons. The first-order chi connectivity index (χ1) is 8.40. The van der Waals surface area contributed by atoms with Crippen LogP contribution in [0.25, 0.3) is 0 Å². The molecule has 3 N–H and O–H groups in total. The van der Waals surface area contributed by atoms with Gasteiger partial charge in [-0.2, -0.15) is 0 Å². The third kappa shape index (κ3) is 4.33. The third-order valence-corrected chi connectivity index (χ3v) is 2.71. The van der Waals surface area contributed by atoms with E-state index in [1.165, 1.54) is 25.1 Å². The van der Waals surface area contributed by atoms with Gasteiger partial charge in [-0.1, -0.05) is 0 Å². The normalized spacial score (nSPS) is 11.7. The topological polar surface area (TPSA) is 78.4 Å². The highest BCUT2D eigenvalue weighted by Crippen LogP contribution is 2.19. The van der Waals surface area contributed by atoms with Crippen molar-refractivity contribution in [3.63, 3.8) is 0 Å². The van der Waals surface area contributed by atoms with Crippen LogP contribution in [0, 0.1) is 5.82 Å². The summed E-state index contributed by atoms with van der Waals surface area (Å²) in [4.78, 5) is 21.7. The molecule has 0 spiro atoms. The number of carbonyl (C=O) groups is 2. The molecule has 18 heavy (non-hydrogen) atoms. The van der Waals surface area contributed by atoms with Crippen LogP contribution in [0.3, 0.4) is 0 Å². The Morgan fingerprint density at radius 1 is 1.50 bits per heavy atom. The third-order valence-electron chi connectivity index (χ3n) is 2.11. The summed E-state index contributed by atoms with van der Waals surface area (Å²) in [6, 6.07) is 3.18. The highest BCUT2D eigenvalue weighted by molar-refractivity contribution is 9.10. The second-order valence-electron chi connectivity index (χ2n) is 3.60. The fraction of sp³-hybridized carbons (Fsp3) is 0.273. The van der Waals surface area contributed by atoms with Crippen LogP contribution in [0.4, 0.5) is 10.1 Å². The molecule has 0 heterocycles. The molecule has 1 aromatic carbocycles. The number of benzene rings is 1. The zero-order chi connectivity index (χ0) is 13.7. The minimum atomic E-state index is -1.14. The Hall–Kier alpha value is -1.63. The number of carboxylic acids is 1. The maximum absolute atomic E-state index is 13.0. The van der Waals surface area contributed by atoms with Crippen molar-refractivity contribution in [3.05, 3.63) is 28.5 Å². The molecule has 0 saturated carbocycles. The smallest absolute Gasteiger partial charge is 0.328 e. The Labute approximate surface area is 112 Å². The number of carboxylic acid groups (broad SMARTS) is 1. The van der Waals surface area contributed by atoms with E-state index in [0.717, 1.165) is 0 Å². The average Bonchev–Trinajstić information content (AvgIpc) is 2.28. The zero-order valence-electron chi connectivity index (χ0n) is 9.54. The largest absolute Gasteiger partial charge is 0.480 e. The molecule has 1 amide bonds. The molecule has 1 aromatic rings. The lowest BCUT2D eigenvalue weighted by atomic mass is 10.2. The van der Waals surface area contributed by atoms with Crippen LogP contribution in [0.15, 0.2) is 22.7 Å². The monoisotopic (exact) mass is 318 g/mol. The lowest BCUT2D eigenvalue weighted by Crippen LogP contribution is -2.44. The predicted molar refractivity (Wildman–Crippen MR) is 67.8 cm³/mol. The number of anilines is 1. The summed E-state index contributed by atoms with van der Waals surface area (Å²) in [5.41, 5.74) is 0.555. The van der Waals surface area contributed by atoms with E-state index in [0.29, 0.717) is 5.69 Å². The van der Waals surface area contributed by atoms with Gasteiger partial charge in [-0.3, -0.25) is 4.79 Å². The Bertz CT molecular complexity index is 468. The molecule has 0 aromatic heterocycles. The van der Waals surface area contributed by atoms with E-state index >= 15 is 0 Å². The molecule has 0 radical (unpaired) electrons. The molecule has 1 rings (SSSR count). The summed E-state index contributed by atoms with van der Waals surface area (Å²) in [7, 11) is 0. The Morgan fingerprint density at radius 2 is 2.17 bits per heavy atom. The van der Waals surface area contributed by atoms with Gasteiger partial charge in [0, 0.05) is 19.2 Å². The number of nitrogens with one attached hydrogen (secondary N) is 2. The van der Waals surface area contributed by atoms with Gasteiger partial charge in [-0.15, -0.1) is 0 Å². The van der Waals surface area contributed by atoms with E-state index in [-0.39, 0.29) is 11.0 Å². The van der Waals surface area contributed by atoms with E-state index in [1.807, 2.05) is 0 Å². The first-order valence-electron chi connectivity index (χ1n) is 5.09. The maximum atomic E-state index is 13.0. The number of hydrogen-bond donors (Lipinski definition) is 3. The van der Waals surface area contributed by atoms with Crippen LogP contribution in [-0.2, 0) is 9.59 Å².